The van der Waals surface area contributed by atoms with Gasteiger partial charge in [-0.3, -0.25) is 0 Å². The number of hydrogen-bond donors (Lipinski definition) is 3. The molecule has 0 saturated heterocycles. The molecule has 0 spiro atoms. The number of anilines is 3. The van der Waals surface area contributed by atoms with Gasteiger partial charge < -0.3 is 21.1 Å². The molecule has 1 atom stereocenters. The second-order valence-electron chi connectivity index (χ2n) is 2.72. The summed E-state index contributed by atoms with van der Waals surface area (Å²) in [4.78, 5) is 5.56. The van der Waals surface area contributed by atoms with Gasteiger partial charge in [-0.1, -0.05) is 0 Å². The van der Waals surface area contributed by atoms with Gasteiger partial charge >= 0.3 is 0 Å². The van der Waals surface area contributed by atoms with E-state index in [1.807, 2.05) is 0 Å². The molecule has 5 nitrogen and oxygen atoms in total. The lowest BCUT2D eigenvalue weighted by Crippen LogP contribution is -2.31. The Hall–Kier alpha value is -1.49. The first-order chi connectivity index (χ1) is 5.70. The molecule has 1 aromatic rings. The Morgan fingerprint density at radius 3 is 3.17 bits per heavy atom. The van der Waals surface area contributed by atoms with Crippen LogP contribution in [0.3, 0.4) is 0 Å². The fourth-order valence-electron chi connectivity index (χ4n) is 1.32. The van der Waals surface area contributed by atoms with Crippen LogP contribution in [0.4, 0.5) is 17.2 Å². The van der Waals surface area contributed by atoms with Crippen LogP contribution < -0.4 is 16.0 Å². The van der Waals surface area contributed by atoms with Crippen LogP contribution in [0.15, 0.2) is 12.3 Å². The molecule has 2 heterocycles. The highest BCUT2D eigenvalue weighted by molar-refractivity contribution is 5.83. The van der Waals surface area contributed by atoms with E-state index in [0.717, 1.165) is 11.4 Å². The normalized spacial score (nSPS) is 20.5. The third-order valence-electron chi connectivity index (χ3n) is 1.96. The number of aliphatic hydroxyl groups is 1. The van der Waals surface area contributed by atoms with Crippen molar-refractivity contribution in [2.24, 2.45) is 0 Å². The van der Waals surface area contributed by atoms with Crippen LogP contribution in [-0.2, 0) is 0 Å². The third kappa shape index (κ3) is 0.799. The van der Waals surface area contributed by atoms with Gasteiger partial charge in [0, 0.05) is 13.2 Å². The van der Waals surface area contributed by atoms with Gasteiger partial charge in [-0.15, -0.1) is 0 Å². The second-order valence-corrected chi connectivity index (χ2v) is 2.72. The summed E-state index contributed by atoms with van der Waals surface area (Å²) >= 11 is 0. The number of nitrogen functional groups attached to an aromatic ring is 1. The maximum absolute atomic E-state index is 9.38. The fraction of sp³-hybridized carbons (Fsp3) is 0.286. The molecule has 1 unspecified atom stereocenters. The van der Waals surface area contributed by atoms with Gasteiger partial charge in [0.05, 0.1) is 5.69 Å². The standard InChI is InChI=1S/C7H10N4O/c1-11-5-4(10-7(11)12)2-3-9-6(5)8/h2-3,7,10,12H,1H3,(H2,8,9). The number of hydrogen-bond acceptors (Lipinski definition) is 5. The first-order valence-electron chi connectivity index (χ1n) is 3.62. The predicted molar refractivity (Wildman–Crippen MR) is 46.7 cm³/mol. The van der Waals surface area contributed by atoms with Crippen LogP contribution >= 0.6 is 0 Å². The van der Waals surface area contributed by atoms with Crippen LogP contribution in [0.5, 0.6) is 0 Å². The van der Waals surface area contributed by atoms with E-state index < -0.39 is 6.35 Å². The van der Waals surface area contributed by atoms with E-state index in [0.29, 0.717) is 5.82 Å². The Bertz CT molecular complexity index is 314. The van der Waals surface area contributed by atoms with Crippen LogP contribution in [0.1, 0.15) is 0 Å². The highest BCUT2D eigenvalue weighted by atomic mass is 16.3. The zero-order valence-corrected chi connectivity index (χ0v) is 6.65. The van der Waals surface area contributed by atoms with Crippen LogP contribution in [0, 0.1) is 0 Å². The number of rotatable bonds is 0. The van der Waals surface area contributed by atoms with E-state index in [-0.39, 0.29) is 0 Å². The molecule has 0 amide bonds. The molecule has 0 saturated carbocycles. The molecule has 2 rings (SSSR count). The zero-order chi connectivity index (χ0) is 8.72. The minimum Gasteiger partial charge on any atom is -0.382 e. The molecule has 0 aliphatic carbocycles. The van der Waals surface area contributed by atoms with Crippen LogP contribution in [0.2, 0.25) is 0 Å². The van der Waals surface area contributed by atoms with Crippen molar-refractivity contribution in [2.75, 3.05) is 23.0 Å². The van der Waals surface area contributed by atoms with Crippen molar-refractivity contribution in [3.63, 3.8) is 0 Å². The van der Waals surface area contributed by atoms with Gasteiger partial charge in [0.1, 0.15) is 11.5 Å². The molecule has 12 heavy (non-hydrogen) atoms. The lowest BCUT2D eigenvalue weighted by atomic mass is 10.3. The Morgan fingerprint density at radius 1 is 1.75 bits per heavy atom. The molecule has 1 aliphatic rings. The molecular weight excluding hydrogens is 156 g/mol. The SMILES string of the molecule is CN1c2c(ccnc2N)NC1O. The molecule has 0 fully saturated rings. The molecular formula is C7H10N4O. The van der Waals surface area contributed by atoms with Crippen molar-refractivity contribution >= 4 is 17.2 Å². The van der Waals surface area contributed by atoms with Crippen molar-refractivity contribution in [1.82, 2.24) is 4.98 Å². The van der Waals surface area contributed by atoms with E-state index in [9.17, 15) is 5.11 Å². The van der Waals surface area contributed by atoms with E-state index in [2.05, 4.69) is 10.3 Å². The van der Waals surface area contributed by atoms with Crippen molar-refractivity contribution in [2.45, 2.75) is 6.35 Å². The fourth-order valence-corrected chi connectivity index (χ4v) is 1.32. The van der Waals surface area contributed by atoms with Gasteiger partial charge in [0.2, 0.25) is 6.35 Å². The lowest BCUT2D eigenvalue weighted by molar-refractivity contribution is 0.210. The van der Waals surface area contributed by atoms with E-state index in [1.54, 1.807) is 24.2 Å². The van der Waals surface area contributed by atoms with E-state index in [1.165, 1.54) is 0 Å². The zero-order valence-electron chi connectivity index (χ0n) is 6.65. The summed E-state index contributed by atoms with van der Waals surface area (Å²) in [7, 11) is 1.75. The monoisotopic (exact) mass is 166 g/mol. The smallest absolute Gasteiger partial charge is 0.205 e. The highest BCUT2D eigenvalue weighted by Gasteiger charge is 2.25. The number of nitrogens with one attached hydrogen (secondary N) is 1. The Balaban J connectivity index is 2.55. The van der Waals surface area contributed by atoms with Crippen LogP contribution in [-0.4, -0.2) is 23.5 Å². The van der Waals surface area contributed by atoms with Crippen molar-refractivity contribution in [3.8, 4) is 0 Å². The van der Waals surface area contributed by atoms with Crippen molar-refractivity contribution in [3.05, 3.63) is 12.3 Å². The van der Waals surface area contributed by atoms with Crippen molar-refractivity contribution in [1.29, 1.82) is 0 Å². The number of fused-ring (bicyclic) bond motifs is 1. The number of aromatic nitrogens is 1. The highest BCUT2D eigenvalue weighted by Crippen LogP contribution is 2.35. The molecule has 0 aromatic carbocycles. The average Bonchev–Trinajstić information content (AvgIpc) is 2.29. The maximum atomic E-state index is 9.38. The Labute approximate surface area is 69.8 Å². The summed E-state index contributed by atoms with van der Waals surface area (Å²) in [5.74, 6) is 0.430. The maximum Gasteiger partial charge on any atom is 0.205 e. The number of nitrogens with zero attached hydrogens (tertiary/aromatic N) is 2. The summed E-state index contributed by atoms with van der Waals surface area (Å²) in [5.41, 5.74) is 7.19. The molecule has 1 aliphatic heterocycles. The molecule has 4 N–H and O–H groups in total. The summed E-state index contributed by atoms with van der Waals surface area (Å²) < 4.78 is 0. The molecule has 1 aromatic heterocycles. The summed E-state index contributed by atoms with van der Waals surface area (Å²) in [5, 5.41) is 12.2. The van der Waals surface area contributed by atoms with E-state index in [4.69, 9.17) is 5.73 Å². The third-order valence-corrected chi connectivity index (χ3v) is 1.96. The number of nitrogens with two attached hydrogens (primary N) is 1. The Kier molecular flexibility index (Phi) is 1.34. The van der Waals surface area contributed by atoms with Gasteiger partial charge in [0.15, 0.2) is 0 Å². The minimum absolute atomic E-state index is 0.430. The first kappa shape index (κ1) is 7.17. The molecule has 0 bridgehead atoms. The lowest BCUT2D eigenvalue weighted by Gasteiger charge is -2.16. The summed E-state index contributed by atoms with van der Waals surface area (Å²) in [6, 6.07) is 1.78. The molecule has 5 heteroatoms. The Morgan fingerprint density at radius 2 is 2.50 bits per heavy atom. The van der Waals surface area contributed by atoms with E-state index >= 15 is 0 Å². The van der Waals surface area contributed by atoms with Gasteiger partial charge in [-0.2, -0.15) is 0 Å². The quantitative estimate of drug-likeness (QED) is 0.497. The van der Waals surface area contributed by atoms with Gasteiger partial charge in [-0.05, 0) is 6.07 Å². The first-order valence-corrected chi connectivity index (χ1v) is 3.62. The average molecular weight is 166 g/mol. The largest absolute Gasteiger partial charge is 0.382 e. The second kappa shape index (κ2) is 2.25. The van der Waals surface area contributed by atoms with Crippen molar-refractivity contribution < 1.29 is 5.11 Å². The summed E-state index contributed by atoms with van der Waals surface area (Å²) in [6.45, 7) is 0. The number of aliphatic hydroxyl groups excluding tert-OH is 1. The minimum atomic E-state index is -0.702. The number of pyridine rings is 1. The van der Waals surface area contributed by atoms with Gasteiger partial charge in [-0.25, -0.2) is 4.98 Å². The summed E-state index contributed by atoms with van der Waals surface area (Å²) in [6.07, 6.45) is 0.902. The predicted octanol–water partition coefficient (Wildman–Crippen LogP) is -0.199. The topological polar surface area (TPSA) is 74.4 Å². The molecule has 0 radical (unpaired) electrons. The van der Waals surface area contributed by atoms with Gasteiger partial charge in [0.25, 0.3) is 0 Å². The van der Waals surface area contributed by atoms with Crippen LogP contribution in [0.25, 0.3) is 0 Å². The molecule has 64 valence electrons.